The van der Waals surface area contributed by atoms with Crippen molar-refractivity contribution in [3.05, 3.63) is 18.2 Å². The van der Waals surface area contributed by atoms with E-state index in [-0.39, 0.29) is 16.9 Å². The molecule has 4 rings (SSSR count). The van der Waals surface area contributed by atoms with E-state index in [1.54, 1.807) is 18.2 Å². The lowest BCUT2D eigenvalue weighted by Crippen LogP contribution is -2.53. The number of rotatable bonds is 5. The Hall–Kier alpha value is -1.66. The Kier molecular flexibility index (Phi) is 6.11. The number of benzene rings is 1. The van der Waals surface area contributed by atoms with Crippen LogP contribution in [0.4, 0.5) is 0 Å². The summed E-state index contributed by atoms with van der Waals surface area (Å²) in [6.07, 6.45) is 0.999. The second-order valence-corrected chi connectivity index (χ2v) is 9.74. The summed E-state index contributed by atoms with van der Waals surface area (Å²) in [5.41, 5.74) is 1.02. The molecule has 1 unspecified atom stereocenters. The average molecular weight is 440 g/mol. The number of sulfonamides is 1. The molecule has 1 aromatic carbocycles. The molecule has 0 bridgehead atoms. The van der Waals surface area contributed by atoms with Crippen LogP contribution in [-0.2, 0) is 19.6 Å². The van der Waals surface area contributed by atoms with Crippen LogP contribution < -0.4 is 0 Å². The largest absolute Gasteiger partial charge is 0.375 e. The molecule has 1 amide bonds. The number of nitrogens with zero attached hydrogens (tertiary/aromatic N) is 5. The van der Waals surface area contributed by atoms with Gasteiger partial charge in [0.15, 0.2) is 0 Å². The molecule has 11 heteroatoms. The van der Waals surface area contributed by atoms with Crippen molar-refractivity contribution in [2.24, 2.45) is 0 Å². The molecule has 0 aliphatic carbocycles. The monoisotopic (exact) mass is 439 g/mol. The minimum absolute atomic E-state index is 0.0846. The summed E-state index contributed by atoms with van der Waals surface area (Å²) in [6, 6.07) is 5.03. The van der Waals surface area contributed by atoms with E-state index in [4.69, 9.17) is 4.74 Å². The van der Waals surface area contributed by atoms with Gasteiger partial charge in [0, 0.05) is 39.3 Å². The molecule has 1 atom stereocenters. The van der Waals surface area contributed by atoms with Crippen LogP contribution >= 0.6 is 11.7 Å². The third-order valence-corrected chi connectivity index (χ3v) is 7.98. The van der Waals surface area contributed by atoms with Crippen molar-refractivity contribution in [2.45, 2.75) is 24.3 Å². The summed E-state index contributed by atoms with van der Waals surface area (Å²) in [6.45, 7) is 5.96. The standard InChI is InChI=1S/C18H25N5O4S2/c1-2-14-12-22(10-11-27-14)17(24)13-21-6-8-23(9-7-21)29(25,26)16-5-3-4-15-18(16)20-28-19-15/h3-5,14H,2,6-13H2,1H3. The first-order valence-electron chi connectivity index (χ1n) is 9.82. The van der Waals surface area contributed by atoms with Gasteiger partial charge in [-0.3, -0.25) is 9.69 Å². The van der Waals surface area contributed by atoms with Gasteiger partial charge in [0.2, 0.25) is 15.9 Å². The Bertz CT molecular complexity index is 972. The summed E-state index contributed by atoms with van der Waals surface area (Å²) in [4.78, 5) is 16.7. The Balaban J connectivity index is 1.37. The SMILES string of the molecule is CCC1CN(C(=O)CN2CCN(S(=O)(=O)c3cccc4nsnc34)CC2)CCO1. The highest BCUT2D eigenvalue weighted by Gasteiger charge is 2.32. The second kappa shape index (κ2) is 8.60. The van der Waals surface area contributed by atoms with Gasteiger partial charge in [0.25, 0.3) is 0 Å². The molecule has 9 nitrogen and oxygen atoms in total. The molecule has 2 aliphatic rings. The van der Waals surface area contributed by atoms with Crippen molar-refractivity contribution >= 4 is 38.7 Å². The summed E-state index contributed by atoms with van der Waals surface area (Å²) in [5, 5.41) is 0. The van der Waals surface area contributed by atoms with Crippen LogP contribution in [-0.4, -0.2) is 95.7 Å². The second-order valence-electron chi connectivity index (χ2n) is 7.31. The minimum Gasteiger partial charge on any atom is -0.375 e. The molecule has 2 aromatic rings. The fourth-order valence-corrected chi connectivity index (χ4v) is 5.92. The molecule has 158 valence electrons. The molecule has 0 radical (unpaired) electrons. The molecule has 2 saturated heterocycles. The van der Waals surface area contributed by atoms with E-state index < -0.39 is 10.0 Å². The minimum atomic E-state index is -3.64. The van der Waals surface area contributed by atoms with Crippen molar-refractivity contribution in [3.63, 3.8) is 0 Å². The molecule has 29 heavy (non-hydrogen) atoms. The first-order valence-corrected chi connectivity index (χ1v) is 12.0. The highest BCUT2D eigenvalue weighted by molar-refractivity contribution is 7.89. The Morgan fingerprint density at radius 3 is 2.76 bits per heavy atom. The number of carbonyl (C=O) groups excluding carboxylic acids is 1. The summed E-state index contributed by atoms with van der Waals surface area (Å²) >= 11 is 1.01. The smallest absolute Gasteiger partial charge is 0.245 e. The number of carbonyl (C=O) groups is 1. The van der Waals surface area contributed by atoms with Gasteiger partial charge >= 0.3 is 0 Å². The molecular weight excluding hydrogens is 414 g/mol. The Labute approximate surface area is 174 Å². The summed E-state index contributed by atoms with van der Waals surface area (Å²) in [5.74, 6) is 0.0846. The van der Waals surface area contributed by atoms with Crippen molar-refractivity contribution in [1.82, 2.24) is 22.9 Å². The fourth-order valence-electron chi connectivity index (χ4n) is 3.74. The Morgan fingerprint density at radius 1 is 1.21 bits per heavy atom. The Morgan fingerprint density at radius 2 is 2.00 bits per heavy atom. The number of amides is 1. The van der Waals surface area contributed by atoms with Crippen molar-refractivity contribution < 1.29 is 17.9 Å². The summed E-state index contributed by atoms with van der Waals surface area (Å²) < 4.78 is 41.6. The number of piperazine rings is 1. The van der Waals surface area contributed by atoms with Gasteiger partial charge in [-0.1, -0.05) is 13.0 Å². The van der Waals surface area contributed by atoms with E-state index in [0.29, 0.717) is 63.5 Å². The zero-order chi connectivity index (χ0) is 20.4. The van der Waals surface area contributed by atoms with Gasteiger partial charge in [0.05, 0.1) is 31.0 Å². The van der Waals surface area contributed by atoms with Crippen molar-refractivity contribution in [3.8, 4) is 0 Å². The topological polar surface area (TPSA) is 95.9 Å². The van der Waals surface area contributed by atoms with Crippen molar-refractivity contribution in [2.75, 3.05) is 52.4 Å². The maximum Gasteiger partial charge on any atom is 0.245 e. The van der Waals surface area contributed by atoms with Crippen LogP contribution in [0.5, 0.6) is 0 Å². The number of morpholine rings is 1. The van der Waals surface area contributed by atoms with E-state index in [1.807, 2.05) is 9.80 Å². The first kappa shape index (κ1) is 20.6. The lowest BCUT2D eigenvalue weighted by molar-refractivity contribution is -0.140. The van der Waals surface area contributed by atoms with Crippen LogP contribution in [0, 0.1) is 0 Å². The number of hydrogen-bond acceptors (Lipinski definition) is 8. The number of aromatic nitrogens is 2. The zero-order valence-corrected chi connectivity index (χ0v) is 18.0. The average Bonchev–Trinajstić information content (AvgIpc) is 3.23. The number of ether oxygens (including phenoxy) is 1. The van der Waals surface area contributed by atoms with Gasteiger partial charge in [-0.2, -0.15) is 13.1 Å². The molecule has 0 saturated carbocycles. The van der Waals surface area contributed by atoms with Gasteiger partial charge in [-0.25, -0.2) is 8.42 Å². The quantitative estimate of drug-likeness (QED) is 0.674. The summed E-state index contributed by atoms with van der Waals surface area (Å²) in [7, 11) is -3.64. The van der Waals surface area contributed by atoms with Gasteiger partial charge < -0.3 is 9.64 Å². The fraction of sp³-hybridized carbons (Fsp3) is 0.611. The third kappa shape index (κ3) is 4.29. The highest BCUT2D eigenvalue weighted by Crippen LogP contribution is 2.25. The van der Waals surface area contributed by atoms with Crippen molar-refractivity contribution in [1.29, 1.82) is 0 Å². The van der Waals surface area contributed by atoms with Gasteiger partial charge in [-0.15, -0.1) is 0 Å². The maximum atomic E-state index is 13.1. The van der Waals surface area contributed by atoms with E-state index >= 15 is 0 Å². The zero-order valence-electron chi connectivity index (χ0n) is 16.4. The highest BCUT2D eigenvalue weighted by atomic mass is 32.2. The number of fused-ring (bicyclic) bond motifs is 1. The molecule has 2 aliphatic heterocycles. The lowest BCUT2D eigenvalue weighted by atomic mass is 10.2. The molecule has 0 N–H and O–H groups in total. The van der Waals surface area contributed by atoms with E-state index in [1.165, 1.54) is 4.31 Å². The van der Waals surface area contributed by atoms with Crippen LogP contribution in [0.25, 0.3) is 11.0 Å². The van der Waals surface area contributed by atoms with E-state index in [9.17, 15) is 13.2 Å². The normalized spacial score (nSPS) is 22.2. The van der Waals surface area contributed by atoms with Crippen LogP contribution in [0.15, 0.2) is 23.1 Å². The van der Waals surface area contributed by atoms with E-state index in [0.717, 1.165) is 18.1 Å². The van der Waals surface area contributed by atoms with E-state index in [2.05, 4.69) is 15.7 Å². The number of hydrogen-bond donors (Lipinski definition) is 0. The lowest BCUT2D eigenvalue weighted by Gasteiger charge is -2.36. The van der Waals surface area contributed by atoms with Crippen LogP contribution in [0.2, 0.25) is 0 Å². The predicted octanol–water partition coefficient (Wildman–Crippen LogP) is 0.635. The first-order chi connectivity index (χ1) is 14.0. The molecule has 3 heterocycles. The van der Waals surface area contributed by atoms with Crippen LogP contribution in [0.1, 0.15) is 13.3 Å². The molecule has 1 aromatic heterocycles. The predicted molar refractivity (Wildman–Crippen MR) is 109 cm³/mol. The van der Waals surface area contributed by atoms with Gasteiger partial charge in [-0.05, 0) is 18.6 Å². The third-order valence-electron chi connectivity index (χ3n) is 5.50. The molecule has 0 spiro atoms. The van der Waals surface area contributed by atoms with Gasteiger partial charge in [0.1, 0.15) is 15.9 Å². The molecular formula is C18H25N5O4S2. The maximum absolute atomic E-state index is 13.1. The molecule has 2 fully saturated rings. The van der Waals surface area contributed by atoms with Crippen LogP contribution in [0.3, 0.4) is 0 Å².